The molecule has 0 spiro atoms. The molecule has 0 saturated heterocycles. The number of nitrogens with zero attached hydrogens (tertiary/aromatic N) is 2. The molecule has 1 amide bonds. The Balaban J connectivity index is 1.50. The van der Waals surface area contributed by atoms with Gasteiger partial charge in [-0.1, -0.05) is 18.2 Å². The van der Waals surface area contributed by atoms with E-state index in [1.807, 2.05) is 30.3 Å². The fourth-order valence-electron chi connectivity index (χ4n) is 2.41. The second kappa shape index (κ2) is 6.81. The van der Waals surface area contributed by atoms with Crippen LogP contribution in [0.1, 0.15) is 10.4 Å². The highest BCUT2D eigenvalue weighted by atomic mass is 32.1. The summed E-state index contributed by atoms with van der Waals surface area (Å²) < 4.78 is 7.06. The van der Waals surface area contributed by atoms with E-state index in [-0.39, 0.29) is 5.56 Å². The summed E-state index contributed by atoms with van der Waals surface area (Å²) in [7, 11) is 0. The van der Waals surface area contributed by atoms with Gasteiger partial charge in [0.1, 0.15) is 17.1 Å². The number of thiazole rings is 1. The summed E-state index contributed by atoms with van der Waals surface area (Å²) in [5.74, 6) is 0.878. The fraction of sp³-hybridized carbons (Fsp3) is 0. The molecule has 0 atom stereocenters. The number of amides is 1. The normalized spacial score (nSPS) is 10.6. The number of rotatable bonds is 4. The van der Waals surface area contributed by atoms with Crippen LogP contribution in [0, 0.1) is 0 Å². The first-order valence-electron chi connectivity index (χ1n) is 7.80. The number of para-hydroxylation sites is 1. The number of hydrogen-bond acceptors (Lipinski definition) is 5. The van der Waals surface area contributed by atoms with Gasteiger partial charge in [-0.25, -0.2) is 4.98 Å². The van der Waals surface area contributed by atoms with Crippen molar-refractivity contribution in [3.63, 3.8) is 0 Å². The first-order valence-corrected chi connectivity index (χ1v) is 8.68. The number of hydrogen-bond donors (Lipinski definition) is 1. The zero-order valence-corrected chi connectivity index (χ0v) is 14.3. The van der Waals surface area contributed by atoms with Gasteiger partial charge in [-0.15, -0.1) is 11.3 Å². The Morgan fingerprint density at radius 3 is 2.54 bits per heavy atom. The number of fused-ring (bicyclic) bond motifs is 1. The molecular formula is C19H13N3O3S. The minimum atomic E-state index is -0.500. The standard InChI is InChI=1S/C19H13N3O3S/c23-17(16-12-20-19-22(18(16)24)10-11-26-19)21-13-6-8-15(9-7-13)25-14-4-2-1-3-5-14/h1-12H,(H,21,23). The molecule has 7 heteroatoms. The van der Waals surface area contributed by atoms with E-state index < -0.39 is 11.5 Å². The quantitative estimate of drug-likeness (QED) is 0.599. The molecule has 0 radical (unpaired) electrons. The molecule has 0 aliphatic heterocycles. The number of carbonyl (C=O) groups excluding carboxylic acids is 1. The van der Waals surface area contributed by atoms with E-state index in [1.54, 1.807) is 35.8 Å². The Labute approximate surface area is 152 Å². The minimum Gasteiger partial charge on any atom is -0.457 e. The lowest BCUT2D eigenvalue weighted by molar-refractivity contribution is 0.102. The molecule has 4 aromatic rings. The molecule has 0 fully saturated rings. The predicted molar refractivity (Wildman–Crippen MR) is 100 cm³/mol. The van der Waals surface area contributed by atoms with Gasteiger partial charge in [-0.05, 0) is 36.4 Å². The second-order valence-corrected chi connectivity index (χ2v) is 6.30. The van der Waals surface area contributed by atoms with Crippen molar-refractivity contribution in [3.8, 4) is 11.5 Å². The highest BCUT2D eigenvalue weighted by Crippen LogP contribution is 2.22. The van der Waals surface area contributed by atoms with Crippen molar-refractivity contribution in [3.05, 3.63) is 88.3 Å². The summed E-state index contributed by atoms with van der Waals surface area (Å²) in [4.78, 5) is 29.4. The lowest BCUT2D eigenvalue weighted by Gasteiger charge is -2.08. The van der Waals surface area contributed by atoms with Crippen molar-refractivity contribution in [2.45, 2.75) is 0 Å². The summed E-state index contributed by atoms with van der Waals surface area (Å²) in [5.41, 5.74) is 0.161. The van der Waals surface area contributed by atoms with E-state index in [0.717, 1.165) is 5.75 Å². The summed E-state index contributed by atoms with van der Waals surface area (Å²) in [6, 6.07) is 16.3. The Morgan fingerprint density at radius 1 is 1.04 bits per heavy atom. The van der Waals surface area contributed by atoms with E-state index >= 15 is 0 Å². The highest BCUT2D eigenvalue weighted by molar-refractivity contribution is 7.15. The van der Waals surface area contributed by atoms with Crippen LogP contribution in [0.2, 0.25) is 0 Å². The van der Waals surface area contributed by atoms with Gasteiger partial charge in [0.05, 0.1) is 0 Å². The molecule has 2 aromatic carbocycles. The van der Waals surface area contributed by atoms with Crippen LogP contribution in [-0.2, 0) is 0 Å². The lowest BCUT2D eigenvalue weighted by Crippen LogP contribution is -2.25. The molecule has 2 heterocycles. The number of ether oxygens (including phenoxy) is 1. The largest absolute Gasteiger partial charge is 0.457 e. The number of carbonyl (C=O) groups is 1. The van der Waals surface area contributed by atoms with Crippen molar-refractivity contribution in [1.29, 1.82) is 0 Å². The van der Waals surface area contributed by atoms with Crippen LogP contribution < -0.4 is 15.6 Å². The van der Waals surface area contributed by atoms with E-state index in [2.05, 4.69) is 10.3 Å². The van der Waals surface area contributed by atoms with Gasteiger partial charge in [0, 0.05) is 23.5 Å². The van der Waals surface area contributed by atoms with Gasteiger partial charge < -0.3 is 10.1 Å². The van der Waals surface area contributed by atoms with E-state index in [4.69, 9.17) is 4.74 Å². The van der Waals surface area contributed by atoms with Crippen molar-refractivity contribution >= 4 is 27.9 Å². The third kappa shape index (κ3) is 3.20. The predicted octanol–water partition coefficient (Wildman–Crippen LogP) is 3.80. The molecule has 0 bridgehead atoms. The van der Waals surface area contributed by atoms with Crippen LogP contribution in [0.4, 0.5) is 5.69 Å². The van der Waals surface area contributed by atoms with Crippen molar-refractivity contribution in [2.75, 3.05) is 5.32 Å². The van der Waals surface area contributed by atoms with Crippen molar-refractivity contribution in [2.24, 2.45) is 0 Å². The molecular weight excluding hydrogens is 350 g/mol. The third-order valence-corrected chi connectivity index (χ3v) is 4.45. The van der Waals surface area contributed by atoms with Gasteiger partial charge in [-0.2, -0.15) is 0 Å². The number of nitrogens with one attached hydrogen (secondary N) is 1. The van der Waals surface area contributed by atoms with Gasteiger partial charge in [0.25, 0.3) is 11.5 Å². The van der Waals surface area contributed by atoms with Crippen LogP contribution in [0.5, 0.6) is 11.5 Å². The first kappa shape index (κ1) is 16.0. The second-order valence-electron chi connectivity index (χ2n) is 5.43. The number of anilines is 1. The van der Waals surface area contributed by atoms with Crippen LogP contribution in [0.25, 0.3) is 4.96 Å². The van der Waals surface area contributed by atoms with Gasteiger partial charge in [-0.3, -0.25) is 14.0 Å². The van der Waals surface area contributed by atoms with Crippen molar-refractivity contribution in [1.82, 2.24) is 9.38 Å². The summed E-state index contributed by atoms with van der Waals surface area (Å²) in [5, 5.41) is 4.45. The zero-order valence-electron chi connectivity index (χ0n) is 13.5. The molecule has 1 N–H and O–H groups in total. The lowest BCUT2D eigenvalue weighted by atomic mass is 10.2. The smallest absolute Gasteiger partial charge is 0.271 e. The molecule has 26 heavy (non-hydrogen) atoms. The zero-order chi connectivity index (χ0) is 17.9. The van der Waals surface area contributed by atoms with Crippen LogP contribution >= 0.6 is 11.3 Å². The molecule has 0 aliphatic carbocycles. The van der Waals surface area contributed by atoms with E-state index in [0.29, 0.717) is 16.4 Å². The minimum absolute atomic E-state index is 0.00879. The number of aromatic nitrogens is 2. The third-order valence-electron chi connectivity index (χ3n) is 3.68. The SMILES string of the molecule is O=C(Nc1ccc(Oc2ccccc2)cc1)c1cnc2sccn2c1=O. The van der Waals surface area contributed by atoms with E-state index in [1.165, 1.54) is 21.9 Å². The topological polar surface area (TPSA) is 72.7 Å². The summed E-state index contributed by atoms with van der Waals surface area (Å²) >= 11 is 1.33. The number of benzene rings is 2. The molecule has 128 valence electrons. The van der Waals surface area contributed by atoms with Crippen LogP contribution in [0.15, 0.2) is 77.2 Å². The Kier molecular flexibility index (Phi) is 4.20. The van der Waals surface area contributed by atoms with Crippen LogP contribution in [0.3, 0.4) is 0 Å². The monoisotopic (exact) mass is 363 g/mol. The molecule has 0 saturated carbocycles. The van der Waals surface area contributed by atoms with Crippen LogP contribution in [-0.4, -0.2) is 15.3 Å². The summed E-state index contributed by atoms with van der Waals surface area (Å²) in [6.45, 7) is 0. The molecule has 0 aliphatic rings. The maximum absolute atomic E-state index is 12.4. The first-order chi connectivity index (χ1) is 12.7. The molecule has 2 aromatic heterocycles. The maximum Gasteiger partial charge on any atom is 0.271 e. The molecule has 0 unspecified atom stereocenters. The average Bonchev–Trinajstić information content (AvgIpc) is 3.14. The van der Waals surface area contributed by atoms with Gasteiger partial charge >= 0.3 is 0 Å². The van der Waals surface area contributed by atoms with E-state index in [9.17, 15) is 9.59 Å². The average molecular weight is 363 g/mol. The fourth-order valence-corrected chi connectivity index (χ4v) is 3.08. The maximum atomic E-state index is 12.4. The Morgan fingerprint density at radius 2 is 1.77 bits per heavy atom. The Hall–Kier alpha value is -3.45. The highest BCUT2D eigenvalue weighted by Gasteiger charge is 2.14. The molecule has 6 nitrogen and oxygen atoms in total. The van der Waals surface area contributed by atoms with Gasteiger partial charge in [0.15, 0.2) is 4.96 Å². The Bertz CT molecular complexity index is 1120. The van der Waals surface area contributed by atoms with Crippen molar-refractivity contribution < 1.29 is 9.53 Å². The summed E-state index contributed by atoms with van der Waals surface area (Å²) in [6.07, 6.45) is 2.90. The van der Waals surface area contributed by atoms with Gasteiger partial charge in [0.2, 0.25) is 0 Å². The molecule has 4 rings (SSSR count).